The van der Waals surface area contributed by atoms with Gasteiger partial charge in [-0.15, -0.1) is 11.3 Å². The van der Waals surface area contributed by atoms with Gasteiger partial charge in [0.05, 0.1) is 27.0 Å². The third-order valence-electron chi connectivity index (χ3n) is 6.01. The van der Waals surface area contributed by atoms with Gasteiger partial charge in [0.2, 0.25) is 5.95 Å². The van der Waals surface area contributed by atoms with Crippen LogP contribution in [0.5, 0.6) is 11.5 Å². The lowest BCUT2D eigenvalue weighted by Gasteiger charge is -2.26. The Bertz CT molecular complexity index is 1240. The molecule has 5 rings (SSSR count). The second kappa shape index (κ2) is 9.41. The van der Waals surface area contributed by atoms with Crippen LogP contribution in [-0.2, 0) is 6.42 Å². The SMILES string of the molecule is CN(C)c1ncc(-c2cc(Oc3ccc4nc(C[C@@H]5CCCC[C@H]5O)sc4c3)ccn2)cn1. The number of pyridine rings is 1. The van der Waals surface area contributed by atoms with Crippen molar-refractivity contribution in [3.05, 3.63) is 53.9 Å². The van der Waals surface area contributed by atoms with Crippen LogP contribution in [0.2, 0.25) is 0 Å². The minimum atomic E-state index is -0.199. The van der Waals surface area contributed by atoms with Crippen LogP contribution in [0.25, 0.3) is 21.5 Å². The van der Waals surface area contributed by atoms with Crippen LogP contribution in [0.3, 0.4) is 0 Å². The third kappa shape index (κ3) is 4.96. The molecule has 3 heterocycles. The first-order chi connectivity index (χ1) is 16.0. The monoisotopic (exact) mass is 461 g/mol. The van der Waals surface area contributed by atoms with E-state index in [2.05, 4.69) is 15.0 Å². The highest BCUT2D eigenvalue weighted by Gasteiger charge is 2.24. The standard InChI is InChI=1S/C25H27N5O2S/c1-30(2)25-27-14-17(15-28-25)21-12-19(9-10-26-21)32-18-7-8-20-23(13-18)33-24(29-20)11-16-5-3-4-6-22(16)31/h7-10,12-16,22,31H,3-6,11H2,1-2H3/t16-,22+/m0/s1. The normalized spacial score (nSPS) is 18.4. The van der Waals surface area contributed by atoms with E-state index in [9.17, 15) is 5.11 Å². The lowest BCUT2D eigenvalue weighted by molar-refractivity contribution is 0.0700. The zero-order valence-electron chi connectivity index (χ0n) is 18.8. The van der Waals surface area contributed by atoms with Gasteiger partial charge in [0.25, 0.3) is 0 Å². The Morgan fingerprint density at radius 1 is 1.03 bits per heavy atom. The molecular weight excluding hydrogens is 434 g/mol. The molecule has 1 N–H and O–H groups in total. The molecule has 0 unspecified atom stereocenters. The van der Waals surface area contributed by atoms with Crippen molar-refractivity contribution >= 4 is 27.5 Å². The number of aromatic nitrogens is 4. The van der Waals surface area contributed by atoms with Gasteiger partial charge >= 0.3 is 0 Å². The molecular formula is C25H27N5O2S. The summed E-state index contributed by atoms with van der Waals surface area (Å²) in [5, 5.41) is 11.4. The van der Waals surface area contributed by atoms with Gasteiger partial charge in [0.15, 0.2) is 0 Å². The second-order valence-corrected chi connectivity index (χ2v) is 9.81. The molecule has 1 fully saturated rings. The molecule has 7 nitrogen and oxygen atoms in total. The Morgan fingerprint density at radius 2 is 1.82 bits per heavy atom. The lowest BCUT2D eigenvalue weighted by Crippen LogP contribution is -2.26. The van der Waals surface area contributed by atoms with Crippen molar-refractivity contribution in [2.45, 2.75) is 38.2 Å². The van der Waals surface area contributed by atoms with Gasteiger partial charge < -0.3 is 14.7 Å². The van der Waals surface area contributed by atoms with E-state index in [0.717, 1.165) is 57.9 Å². The maximum Gasteiger partial charge on any atom is 0.224 e. The van der Waals surface area contributed by atoms with Crippen molar-refractivity contribution in [3.8, 4) is 22.8 Å². The van der Waals surface area contributed by atoms with Crippen LogP contribution in [0.1, 0.15) is 30.7 Å². The van der Waals surface area contributed by atoms with E-state index in [-0.39, 0.29) is 6.10 Å². The van der Waals surface area contributed by atoms with E-state index in [0.29, 0.717) is 17.6 Å². The van der Waals surface area contributed by atoms with Crippen molar-refractivity contribution < 1.29 is 9.84 Å². The van der Waals surface area contributed by atoms with Gasteiger partial charge in [0.1, 0.15) is 11.5 Å². The van der Waals surface area contributed by atoms with Crippen LogP contribution in [0.15, 0.2) is 48.9 Å². The summed E-state index contributed by atoms with van der Waals surface area (Å²) in [6.07, 6.45) is 10.2. The van der Waals surface area contributed by atoms with Crippen molar-refractivity contribution in [1.82, 2.24) is 19.9 Å². The topological polar surface area (TPSA) is 84.3 Å². The number of rotatable bonds is 6. The summed E-state index contributed by atoms with van der Waals surface area (Å²) in [6, 6.07) is 9.70. The largest absolute Gasteiger partial charge is 0.457 e. The molecule has 1 aromatic carbocycles. The van der Waals surface area contributed by atoms with Crippen LogP contribution in [-0.4, -0.2) is 45.2 Å². The first-order valence-corrected chi connectivity index (χ1v) is 12.1. The number of aliphatic hydroxyl groups is 1. The Labute approximate surface area is 197 Å². The molecule has 0 saturated heterocycles. The molecule has 2 atom stereocenters. The zero-order valence-corrected chi connectivity index (χ0v) is 19.6. The predicted octanol–water partition coefficient (Wildman–Crippen LogP) is 5.10. The minimum Gasteiger partial charge on any atom is -0.457 e. The average Bonchev–Trinajstić information content (AvgIpc) is 3.22. The number of ether oxygens (including phenoxy) is 1. The summed E-state index contributed by atoms with van der Waals surface area (Å²) in [5.41, 5.74) is 2.56. The fourth-order valence-corrected chi connectivity index (χ4v) is 5.30. The number of fused-ring (bicyclic) bond motifs is 1. The fraction of sp³-hybridized carbons (Fsp3) is 0.360. The Hall–Kier alpha value is -3.10. The van der Waals surface area contributed by atoms with Crippen molar-refractivity contribution in [3.63, 3.8) is 0 Å². The maximum absolute atomic E-state index is 10.3. The molecule has 3 aromatic heterocycles. The molecule has 8 heteroatoms. The van der Waals surface area contributed by atoms with Gasteiger partial charge in [0, 0.05) is 56.8 Å². The predicted molar refractivity (Wildman–Crippen MR) is 131 cm³/mol. The number of hydrogen-bond acceptors (Lipinski definition) is 8. The first-order valence-electron chi connectivity index (χ1n) is 11.3. The molecule has 170 valence electrons. The second-order valence-electron chi connectivity index (χ2n) is 8.70. The molecule has 0 radical (unpaired) electrons. The van der Waals surface area contributed by atoms with Crippen LogP contribution < -0.4 is 9.64 Å². The molecule has 1 aliphatic carbocycles. The van der Waals surface area contributed by atoms with Gasteiger partial charge in [-0.05, 0) is 37.0 Å². The Morgan fingerprint density at radius 3 is 2.61 bits per heavy atom. The summed E-state index contributed by atoms with van der Waals surface area (Å²) in [6.45, 7) is 0. The summed E-state index contributed by atoms with van der Waals surface area (Å²) in [7, 11) is 3.81. The van der Waals surface area contributed by atoms with Gasteiger partial charge in [-0.3, -0.25) is 4.98 Å². The van der Waals surface area contributed by atoms with Crippen molar-refractivity contribution in [2.24, 2.45) is 5.92 Å². The third-order valence-corrected chi connectivity index (χ3v) is 7.05. The number of benzene rings is 1. The van der Waals surface area contributed by atoms with Gasteiger partial charge in [-0.2, -0.15) is 0 Å². The van der Waals surface area contributed by atoms with Gasteiger partial charge in [-0.1, -0.05) is 12.8 Å². The van der Waals surface area contributed by atoms with E-state index >= 15 is 0 Å². The van der Waals surface area contributed by atoms with Crippen molar-refractivity contribution in [1.29, 1.82) is 0 Å². The highest BCUT2D eigenvalue weighted by atomic mass is 32.1. The van der Waals surface area contributed by atoms with Crippen LogP contribution >= 0.6 is 11.3 Å². The van der Waals surface area contributed by atoms with E-state index in [4.69, 9.17) is 9.72 Å². The van der Waals surface area contributed by atoms with Gasteiger partial charge in [-0.25, -0.2) is 15.0 Å². The summed E-state index contributed by atoms with van der Waals surface area (Å²) >= 11 is 1.69. The number of nitrogens with zero attached hydrogens (tertiary/aromatic N) is 5. The molecule has 33 heavy (non-hydrogen) atoms. The highest BCUT2D eigenvalue weighted by molar-refractivity contribution is 7.18. The summed E-state index contributed by atoms with van der Waals surface area (Å²) in [4.78, 5) is 19.8. The van der Waals surface area contributed by atoms with E-state index in [1.807, 2.05) is 49.3 Å². The van der Waals surface area contributed by atoms with E-state index in [1.54, 1.807) is 29.9 Å². The number of anilines is 1. The Balaban J connectivity index is 1.32. The average molecular weight is 462 g/mol. The summed E-state index contributed by atoms with van der Waals surface area (Å²) < 4.78 is 7.23. The smallest absolute Gasteiger partial charge is 0.224 e. The number of aliphatic hydroxyl groups excluding tert-OH is 1. The molecule has 1 saturated carbocycles. The lowest BCUT2D eigenvalue weighted by atomic mass is 9.84. The minimum absolute atomic E-state index is 0.199. The fourth-order valence-electron chi connectivity index (χ4n) is 4.21. The van der Waals surface area contributed by atoms with E-state index in [1.165, 1.54) is 6.42 Å². The molecule has 1 aliphatic rings. The number of hydrogen-bond donors (Lipinski definition) is 1. The summed E-state index contributed by atoms with van der Waals surface area (Å²) in [5.74, 6) is 2.43. The highest BCUT2D eigenvalue weighted by Crippen LogP contribution is 2.33. The van der Waals surface area contributed by atoms with Crippen LogP contribution in [0.4, 0.5) is 5.95 Å². The van der Waals surface area contributed by atoms with E-state index < -0.39 is 0 Å². The molecule has 4 aromatic rings. The molecule has 0 aliphatic heterocycles. The quantitative estimate of drug-likeness (QED) is 0.428. The first kappa shape index (κ1) is 21.7. The zero-order chi connectivity index (χ0) is 22.8. The Kier molecular flexibility index (Phi) is 6.20. The molecule has 0 spiro atoms. The number of thiazole rings is 1. The molecule has 0 bridgehead atoms. The van der Waals surface area contributed by atoms with Crippen molar-refractivity contribution in [2.75, 3.05) is 19.0 Å². The maximum atomic E-state index is 10.3. The molecule has 0 amide bonds. The van der Waals surface area contributed by atoms with Crippen LogP contribution in [0, 0.1) is 5.92 Å².